The molecule has 0 aromatic carbocycles. The maximum Gasteiger partial charge on any atom is 0.163 e. The molecule has 2 rings (SSSR count). The van der Waals surface area contributed by atoms with Crippen LogP contribution in [0, 0.1) is 13.8 Å². The predicted octanol–water partition coefficient (Wildman–Crippen LogP) is 1.88. The topological polar surface area (TPSA) is 44.1 Å². The number of aromatic nitrogens is 2. The van der Waals surface area contributed by atoms with Crippen LogP contribution in [0.2, 0.25) is 0 Å². The number of rotatable bonds is 3. The summed E-state index contributed by atoms with van der Waals surface area (Å²) in [5.41, 5.74) is 2.54. The average molecular weight is 222 g/mol. The molecule has 1 fully saturated rings. The highest BCUT2D eigenvalue weighted by molar-refractivity contribution is 5.96. The summed E-state index contributed by atoms with van der Waals surface area (Å²) in [6, 6.07) is 0. The maximum absolute atomic E-state index is 11.5. The number of ketones is 1. The lowest BCUT2D eigenvalue weighted by Gasteiger charge is -2.10. The lowest BCUT2D eigenvalue weighted by Crippen LogP contribution is -2.17. The van der Waals surface area contributed by atoms with Gasteiger partial charge in [0.2, 0.25) is 0 Å². The van der Waals surface area contributed by atoms with Crippen molar-refractivity contribution in [1.82, 2.24) is 9.78 Å². The molecule has 0 spiro atoms. The van der Waals surface area contributed by atoms with Crippen LogP contribution in [-0.4, -0.2) is 28.3 Å². The third-order valence-electron chi connectivity index (χ3n) is 3.13. The van der Waals surface area contributed by atoms with E-state index in [1.165, 1.54) is 0 Å². The Balaban J connectivity index is 2.21. The van der Waals surface area contributed by atoms with Crippen molar-refractivity contribution in [2.45, 2.75) is 46.3 Å². The van der Waals surface area contributed by atoms with Gasteiger partial charge in [0, 0.05) is 12.3 Å². The van der Waals surface area contributed by atoms with E-state index in [-0.39, 0.29) is 11.9 Å². The predicted molar refractivity (Wildman–Crippen MR) is 60.7 cm³/mol. The monoisotopic (exact) mass is 222 g/mol. The minimum atomic E-state index is 0.0913. The third-order valence-corrected chi connectivity index (χ3v) is 3.13. The van der Waals surface area contributed by atoms with Crippen molar-refractivity contribution in [3.63, 3.8) is 0 Å². The van der Waals surface area contributed by atoms with Crippen molar-refractivity contribution in [2.24, 2.45) is 0 Å². The van der Waals surface area contributed by atoms with E-state index in [1.807, 2.05) is 18.5 Å². The number of hydrogen-bond donors (Lipinski definition) is 0. The fraction of sp³-hybridized carbons (Fsp3) is 0.667. The quantitative estimate of drug-likeness (QED) is 0.733. The number of ether oxygens (including phenoxy) is 1. The largest absolute Gasteiger partial charge is 0.376 e. The van der Waals surface area contributed by atoms with Crippen LogP contribution in [0.15, 0.2) is 0 Å². The highest BCUT2D eigenvalue weighted by atomic mass is 16.5. The Kier molecular flexibility index (Phi) is 3.10. The van der Waals surface area contributed by atoms with Crippen molar-refractivity contribution in [3.05, 3.63) is 17.0 Å². The maximum atomic E-state index is 11.5. The van der Waals surface area contributed by atoms with E-state index in [0.717, 1.165) is 42.9 Å². The summed E-state index contributed by atoms with van der Waals surface area (Å²) in [4.78, 5) is 11.5. The molecule has 1 aliphatic heterocycles. The summed E-state index contributed by atoms with van der Waals surface area (Å²) < 4.78 is 7.48. The van der Waals surface area contributed by atoms with Crippen molar-refractivity contribution in [3.8, 4) is 0 Å². The Morgan fingerprint density at radius 2 is 2.31 bits per heavy atom. The lowest BCUT2D eigenvalue weighted by molar-refractivity contribution is 0.0931. The Morgan fingerprint density at radius 1 is 1.56 bits per heavy atom. The number of carbonyl (C=O) groups is 1. The van der Waals surface area contributed by atoms with E-state index in [4.69, 9.17) is 4.74 Å². The number of nitrogens with zero attached hydrogens (tertiary/aromatic N) is 2. The molecule has 16 heavy (non-hydrogen) atoms. The van der Waals surface area contributed by atoms with Gasteiger partial charge in [0.1, 0.15) is 0 Å². The Labute approximate surface area is 95.6 Å². The van der Waals surface area contributed by atoms with E-state index in [0.29, 0.717) is 0 Å². The van der Waals surface area contributed by atoms with Crippen molar-refractivity contribution < 1.29 is 9.53 Å². The second-order valence-electron chi connectivity index (χ2n) is 4.42. The Hall–Kier alpha value is -1.16. The molecule has 4 heteroatoms. The van der Waals surface area contributed by atoms with Crippen LogP contribution in [0.3, 0.4) is 0 Å². The van der Waals surface area contributed by atoms with Crippen LogP contribution >= 0.6 is 0 Å². The Morgan fingerprint density at radius 3 is 2.81 bits per heavy atom. The van der Waals surface area contributed by atoms with Gasteiger partial charge < -0.3 is 4.74 Å². The molecule has 0 bridgehead atoms. The second-order valence-corrected chi connectivity index (χ2v) is 4.42. The highest BCUT2D eigenvalue weighted by Crippen LogP contribution is 2.18. The SMILES string of the molecule is CC(=O)c1c(C)nn(CC2CCCO2)c1C. The standard InChI is InChI=1S/C12H18N2O2/c1-8-12(10(3)15)9(2)14(13-8)7-11-5-4-6-16-11/h11H,4-7H2,1-3H3. The van der Waals surface area contributed by atoms with Crippen LogP contribution in [0.5, 0.6) is 0 Å². The van der Waals surface area contributed by atoms with Gasteiger partial charge in [0.15, 0.2) is 5.78 Å². The molecule has 0 aliphatic carbocycles. The number of aryl methyl sites for hydroxylation is 1. The van der Waals surface area contributed by atoms with Gasteiger partial charge in [-0.25, -0.2) is 0 Å². The molecule has 0 amide bonds. The van der Waals surface area contributed by atoms with E-state index < -0.39 is 0 Å². The number of Topliss-reactive ketones (excluding diaryl/α,β-unsaturated/α-hetero) is 1. The average Bonchev–Trinajstić information content (AvgIpc) is 2.76. The molecular weight excluding hydrogens is 204 g/mol. The van der Waals surface area contributed by atoms with Crippen LogP contribution in [0.25, 0.3) is 0 Å². The summed E-state index contributed by atoms with van der Waals surface area (Å²) in [5.74, 6) is 0.0913. The fourth-order valence-corrected chi connectivity index (χ4v) is 2.37. The molecule has 1 unspecified atom stereocenters. The van der Waals surface area contributed by atoms with Crippen LogP contribution < -0.4 is 0 Å². The smallest absolute Gasteiger partial charge is 0.163 e. The molecule has 4 nitrogen and oxygen atoms in total. The van der Waals surface area contributed by atoms with Crippen LogP contribution in [-0.2, 0) is 11.3 Å². The molecule has 1 saturated heterocycles. The van der Waals surface area contributed by atoms with Gasteiger partial charge in [0.25, 0.3) is 0 Å². The number of hydrogen-bond acceptors (Lipinski definition) is 3. The van der Waals surface area contributed by atoms with Crippen LogP contribution in [0.4, 0.5) is 0 Å². The van der Waals surface area contributed by atoms with Crippen molar-refractivity contribution in [1.29, 1.82) is 0 Å². The zero-order valence-corrected chi connectivity index (χ0v) is 10.1. The third kappa shape index (κ3) is 2.02. The minimum absolute atomic E-state index is 0.0913. The van der Waals surface area contributed by atoms with Crippen LogP contribution in [0.1, 0.15) is 41.5 Å². The van der Waals surface area contributed by atoms with Gasteiger partial charge in [-0.2, -0.15) is 5.10 Å². The zero-order chi connectivity index (χ0) is 11.7. The molecule has 1 aromatic heterocycles. The highest BCUT2D eigenvalue weighted by Gasteiger charge is 2.20. The second kappa shape index (κ2) is 4.37. The first-order valence-electron chi connectivity index (χ1n) is 5.76. The molecule has 1 atom stereocenters. The van der Waals surface area contributed by atoms with Crippen molar-refractivity contribution in [2.75, 3.05) is 6.61 Å². The van der Waals surface area contributed by atoms with Gasteiger partial charge in [-0.1, -0.05) is 0 Å². The van der Waals surface area contributed by atoms with E-state index in [1.54, 1.807) is 6.92 Å². The normalized spacial score (nSPS) is 20.3. The molecule has 0 radical (unpaired) electrons. The summed E-state index contributed by atoms with van der Waals surface area (Å²) in [7, 11) is 0. The van der Waals surface area contributed by atoms with Gasteiger partial charge in [-0.05, 0) is 33.6 Å². The van der Waals surface area contributed by atoms with Gasteiger partial charge in [0.05, 0.1) is 23.9 Å². The summed E-state index contributed by atoms with van der Waals surface area (Å²) in [5, 5.41) is 4.41. The molecule has 0 saturated carbocycles. The van der Waals surface area contributed by atoms with E-state index >= 15 is 0 Å². The van der Waals surface area contributed by atoms with E-state index in [2.05, 4.69) is 5.10 Å². The summed E-state index contributed by atoms with van der Waals surface area (Å²) >= 11 is 0. The molecule has 0 N–H and O–H groups in total. The molecule has 2 heterocycles. The van der Waals surface area contributed by atoms with Gasteiger partial charge in [-0.15, -0.1) is 0 Å². The van der Waals surface area contributed by atoms with Gasteiger partial charge >= 0.3 is 0 Å². The molecule has 1 aliphatic rings. The molecular formula is C12H18N2O2. The first kappa shape index (κ1) is 11.3. The molecule has 88 valence electrons. The first-order chi connectivity index (χ1) is 7.59. The fourth-order valence-electron chi connectivity index (χ4n) is 2.37. The summed E-state index contributed by atoms with van der Waals surface area (Å²) in [6.07, 6.45) is 2.48. The lowest BCUT2D eigenvalue weighted by atomic mass is 10.1. The minimum Gasteiger partial charge on any atom is -0.376 e. The number of carbonyl (C=O) groups excluding carboxylic acids is 1. The zero-order valence-electron chi connectivity index (χ0n) is 10.1. The first-order valence-corrected chi connectivity index (χ1v) is 5.76. The van der Waals surface area contributed by atoms with E-state index in [9.17, 15) is 4.79 Å². The summed E-state index contributed by atoms with van der Waals surface area (Å²) in [6.45, 7) is 7.04. The Bertz CT molecular complexity index is 403. The van der Waals surface area contributed by atoms with Crippen molar-refractivity contribution >= 4 is 5.78 Å². The molecule has 1 aromatic rings. The van der Waals surface area contributed by atoms with Gasteiger partial charge in [-0.3, -0.25) is 9.48 Å².